The predicted molar refractivity (Wildman–Crippen MR) is 86.3 cm³/mol. The Morgan fingerprint density at radius 2 is 1.68 bits per heavy atom. The first kappa shape index (κ1) is 16.0. The third-order valence-electron chi connectivity index (χ3n) is 3.53. The second-order valence-electron chi connectivity index (χ2n) is 5.07. The monoisotopic (exact) mass is 299 g/mol. The molecular formula is C18H21NO3. The van der Waals surface area contributed by atoms with E-state index in [0.29, 0.717) is 12.1 Å². The molecule has 0 heterocycles. The number of nitrogens with one attached hydrogen (secondary N) is 1. The highest BCUT2D eigenvalue weighted by molar-refractivity contribution is 5.94. The van der Waals surface area contributed by atoms with Crippen LogP contribution in [0.5, 0.6) is 5.75 Å². The fourth-order valence-electron chi connectivity index (χ4n) is 2.15. The minimum Gasteiger partial charge on any atom is -0.497 e. The Kier molecular flexibility index (Phi) is 5.55. The summed E-state index contributed by atoms with van der Waals surface area (Å²) in [4.78, 5) is 12.1. The molecule has 1 N–H and O–H groups in total. The number of methoxy groups -OCH3 is 2. The fraction of sp³-hybridized carbons (Fsp3) is 0.278. The molecule has 1 unspecified atom stereocenters. The van der Waals surface area contributed by atoms with Gasteiger partial charge in [0.25, 0.3) is 5.91 Å². The smallest absolute Gasteiger partial charge is 0.251 e. The lowest BCUT2D eigenvalue weighted by atomic mass is 10.1. The Hall–Kier alpha value is -2.33. The molecule has 0 radical (unpaired) electrons. The van der Waals surface area contributed by atoms with Crippen molar-refractivity contribution in [2.75, 3.05) is 20.8 Å². The molecule has 4 nitrogen and oxygen atoms in total. The molecule has 2 aromatic rings. The average Bonchev–Trinajstić information content (AvgIpc) is 2.56. The Morgan fingerprint density at radius 1 is 1.05 bits per heavy atom. The first-order chi connectivity index (χ1) is 10.6. The minimum atomic E-state index is -0.164. The molecule has 1 atom stereocenters. The highest BCUT2D eigenvalue weighted by atomic mass is 16.5. The number of ether oxygens (including phenoxy) is 2. The van der Waals surface area contributed by atoms with Gasteiger partial charge in [0, 0.05) is 19.2 Å². The molecule has 1 amide bonds. The Balaban J connectivity index is 1.97. The first-order valence-corrected chi connectivity index (χ1v) is 7.15. The van der Waals surface area contributed by atoms with E-state index in [1.165, 1.54) is 5.56 Å². The number of hydrogen-bond acceptors (Lipinski definition) is 3. The van der Waals surface area contributed by atoms with Crippen LogP contribution < -0.4 is 10.1 Å². The van der Waals surface area contributed by atoms with E-state index in [0.717, 1.165) is 11.3 Å². The summed E-state index contributed by atoms with van der Waals surface area (Å²) in [5.41, 5.74) is 2.84. The van der Waals surface area contributed by atoms with E-state index in [-0.39, 0.29) is 12.0 Å². The van der Waals surface area contributed by atoms with Crippen LogP contribution in [0.1, 0.15) is 27.6 Å². The molecule has 116 valence electrons. The number of rotatable bonds is 6. The van der Waals surface area contributed by atoms with Gasteiger partial charge in [-0.2, -0.15) is 0 Å². The van der Waals surface area contributed by atoms with Crippen molar-refractivity contribution in [2.24, 2.45) is 0 Å². The summed E-state index contributed by atoms with van der Waals surface area (Å²) in [5, 5.41) is 2.90. The summed E-state index contributed by atoms with van der Waals surface area (Å²) >= 11 is 0. The second kappa shape index (κ2) is 7.61. The molecular weight excluding hydrogens is 278 g/mol. The lowest BCUT2D eigenvalue weighted by molar-refractivity contribution is 0.0828. The molecule has 0 bridgehead atoms. The molecule has 4 heteroatoms. The van der Waals surface area contributed by atoms with Crippen molar-refractivity contribution in [3.63, 3.8) is 0 Å². The average molecular weight is 299 g/mol. The molecule has 0 aliphatic heterocycles. The number of carbonyl (C=O) groups excluding carboxylic acids is 1. The van der Waals surface area contributed by atoms with Crippen molar-refractivity contribution in [1.29, 1.82) is 0 Å². The van der Waals surface area contributed by atoms with Gasteiger partial charge in [0.05, 0.1) is 13.2 Å². The molecule has 2 aromatic carbocycles. The lowest BCUT2D eigenvalue weighted by Gasteiger charge is -2.17. The normalized spacial score (nSPS) is 11.8. The van der Waals surface area contributed by atoms with E-state index in [1.54, 1.807) is 38.5 Å². The van der Waals surface area contributed by atoms with Crippen LogP contribution in [0.25, 0.3) is 0 Å². The summed E-state index contributed by atoms with van der Waals surface area (Å²) in [6, 6.07) is 15.1. The summed E-state index contributed by atoms with van der Waals surface area (Å²) in [5.74, 6) is 0.600. The van der Waals surface area contributed by atoms with E-state index < -0.39 is 0 Å². The highest BCUT2D eigenvalue weighted by Crippen LogP contribution is 2.17. The van der Waals surface area contributed by atoms with Gasteiger partial charge in [-0.05, 0) is 36.8 Å². The van der Waals surface area contributed by atoms with Crippen molar-refractivity contribution in [2.45, 2.75) is 13.0 Å². The molecule has 0 fully saturated rings. The number of carbonyl (C=O) groups is 1. The maximum atomic E-state index is 12.1. The van der Waals surface area contributed by atoms with Crippen LogP contribution in [-0.2, 0) is 4.74 Å². The summed E-state index contributed by atoms with van der Waals surface area (Å²) < 4.78 is 10.5. The Morgan fingerprint density at radius 3 is 2.23 bits per heavy atom. The van der Waals surface area contributed by atoms with Crippen LogP contribution in [0.2, 0.25) is 0 Å². The Labute approximate surface area is 131 Å². The van der Waals surface area contributed by atoms with Crippen LogP contribution in [0.4, 0.5) is 0 Å². The Bertz CT molecular complexity index is 605. The van der Waals surface area contributed by atoms with Gasteiger partial charge in [0.2, 0.25) is 0 Å². The van der Waals surface area contributed by atoms with Gasteiger partial charge < -0.3 is 14.8 Å². The van der Waals surface area contributed by atoms with E-state index >= 15 is 0 Å². The van der Waals surface area contributed by atoms with Crippen molar-refractivity contribution >= 4 is 5.91 Å². The van der Waals surface area contributed by atoms with Crippen LogP contribution in [0.15, 0.2) is 48.5 Å². The fourth-order valence-corrected chi connectivity index (χ4v) is 2.15. The molecule has 2 rings (SSSR count). The minimum absolute atomic E-state index is 0.128. The second-order valence-corrected chi connectivity index (χ2v) is 5.07. The van der Waals surface area contributed by atoms with E-state index in [4.69, 9.17) is 9.47 Å². The molecule has 0 aliphatic rings. The van der Waals surface area contributed by atoms with Gasteiger partial charge >= 0.3 is 0 Å². The van der Waals surface area contributed by atoms with Crippen LogP contribution in [-0.4, -0.2) is 26.7 Å². The molecule has 0 aromatic heterocycles. The molecule has 22 heavy (non-hydrogen) atoms. The van der Waals surface area contributed by atoms with Crippen LogP contribution in [0, 0.1) is 6.92 Å². The van der Waals surface area contributed by atoms with Crippen molar-refractivity contribution < 1.29 is 14.3 Å². The number of amides is 1. The predicted octanol–water partition coefficient (Wildman–Crippen LogP) is 3.12. The third kappa shape index (κ3) is 4.09. The summed E-state index contributed by atoms with van der Waals surface area (Å²) in [6.07, 6.45) is -0.164. The summed E-state index contributed by atoms with van der Waals surface area (Å²) in [6.45, 7) is 2.46. The van der Waals surface area contributed by atoms with E-state index in [1.807, 2.05) is 31.2 Å². The lowest BCUT2D eigenvalue weighted by Crippen LogP contribution is -2.29. The number of benzene rings is 2. The van der Waals surface area contributed by atoms with E-state index in [2.05, 4.69) is 5.32 Å². The van der Waals surface area contributed by atoms with Crippen LogP contribution >= 0.6 is 0 Å². The molecule has 0 aliphatic carbocycles. The summed E-state index contributed by atoms with van der Waals surface area (Å²) in [7, 11) is 3.24. The van der Waals surface area contributed by atoms with Gasteiger partial charge in [-0.1, -0.05) is 29.8 Å². The molecule has 0 saturated heterocycles. The number of aryl methyl sites for hydroxylation is 1. The van der Waals surface area contributed by atoms with Gasteiger partial charge in [0.15, 0.2) is 0 Å². The van der Waals surface area contributed by atoms with Crippen LogP contribution in [0.3, 0.4) is 0 Å². The molecule has 0 saturated carbocycles. The third-order valence-corrected chi connectivity index (χ3v) is 3.53. The van der Waals surface area contributed by atoms with Gasteiger partial charge in [-0.3, -0.25) is 4.79 Å². The topological polar surface area (TPSA) is 47.6 Å². The zero-order valence-corrected chi connectivity index (χ0v) is 13.1. The quantitative estimate of drug-likeness (QED) is 0.891. The molecule has 0 spiro atoms. The van der Waals surface area contributed by atoms with Gasteiger partial charge in [-0.15, -0.1) is 0 Å². The standard InChI is InChI=1S/C18H21NO3/c1-13-4-6-14(7-5-13)17(22-3)12-19-18(20)15-8-10-16(21-2)11-9-15/h4-11,17H,12H2,1-3H3,(H,19,20). The zero-order chi connectivity index (χ0) is 15.9. The maximum Gasteiger partial charge on any atom is 0.251 e. The SMILES string of the molecule is COc1ccc(C(=O)NCC(OC)c2ccc(C)cc2)cc1. The van der Waals surface area contributed by atoms with Crippen molar-refractivity contribution in [3.8, 4) is 5.75 Å². The van der Waals surface area contributed by atoms with Crippen molar-refractivity contribution in [3.05, 3.63) is 65.2 Å². The van der Waals surface area contributed by atoms with Gasteiger partial charge in [0.1, 0.15) is 5.75 Å². The van der Waals surface area contributed by atoms with E-state index in [9.17, 15) is 4.79 Å². The maximum absolute atomic E-state index is 12.1. The zero-order valence-electron chi connectivity index (χ0n) is 13.1. The largest absolute Gasteiger partial charge is 0.497 e. The highest BCUT2D eigenvalue weighted by Gasteiger charge is 2.13. The first-order valence-electron chi connectivity index (χ1n) is 7.15. The van der Waals surface area contributed by atoms with Gasteiger partial charge in [-0.25, -0.2) is 0 Å². The number of hydrogen-bond donors (Lipinski definition) is 1. The van der Waals surface area contributed by atoms with Crippen molar-refractivity contribution in [1.82, 2.24) is 5.32 Å².